The number of sulfonamides is 1. The van der Waals surface area contributed by atoms with Crippen LogP contribution in [0.3, 0.4) is 0 Å². The van der Waals surface area contributed by atoms with Gasteiger partial charge in [-0.3, -0.25) is 4.79 Å². The lowest BCUT2D eigenvalue weighted by molar-refractivity contribution is 0.0981. The van der Waals surface area contributed by atoms with Crippen molar-refractivity contribution in [2.45, 2.75) is 57.7 Å². The van der Waals surface area contributed by atoms with Crippen LogP contribution in [0.15, 0.2) is 47.8 Å². The van der Waals surface area contributed by atoms with Gasteiger partial charge in [-0.15, -0.1) is 0 Å². The lowest BCUT2D eigenvalue weighted by atomic mass is 9.97. The first-order chi connectivity index (χ1) is 17.4. The van der Waals surface area contributed by atoms with E-state index in [4.69, 9.17) is 15.5 Å². The molecule has 4 rings (SSSR count). The van der Waals surface area contributed by atoms with E-state index in [0.29, 0.717) is 29.5 Å². The molecule has 1 fully saturated rings. The second-order valence-corrected chi connectivity index (χ2v) is 11.7. The lowest BCUT2D eigenvalue weighted by Crippen LogP contribution is -2.41. The Bertz CT molecular complexity index is 1420. The van der Waals surface area contributed by atoms with Crippen LogP contribution >= 0.6 is 0 Å². The molecular weight excluding hydrogens is 494 g/mol. The molecule has 1 aliphatic heterocycles. The highest BCUT2D eigenvalue weighted by molar-refractivity contribution is 7.90. The van der Waals surface area contributed by atoms with Crippen LogP contribution in [0.4, 0.5) is 11.6 Å². The average Bonchev–Trinajstić information content (AvgIpc) is 3.10. The summed E-state index contributed by atoms with van der Waals surface area (Å²) in [5.74, 6) is -0.0533. The number of aromatic nitrogens is 4. The normalized spacial score (nSPS) is 17.1. The highest BCUT2D eigenvalue weighted by atomic mass is 32.2. The van der Waals surface area contributed by atoms with Crippen molar-refractivity contribution in [2.75, 3.05) is 17.2 Å². The van der Waals surface area contributed by atoms with E-state index >= 15 is 0 Å². The first-order valence-corrected chi connectivity index (χ1v) is 13.4. The maximum atomic E-state index is 13.3. The smallest absolute Gasteiger partial charge is 0.316 e. The molecule has 0 aromatic carbocycles. The molecule has 12 heteroatoms. The van der Waals surface area contributed by atoms with E-state index in [-0.39, 0.29) is 35.5 Å². The van der Waals surface area contributed by atoms with Gasteiger partial charge in [0, 0.05) is 31.5 Å². The van der Waals surface area contributed by atoms with Gasteiger partial charge in [0.15, 0.2) is 5.03 Å². The molecule has 3 N–H and O–H groups in total. The maximum Gasteiger partial charge on any atom is 0.316 e. The fraction of sp³-hybridized carbons (Fsp3) is 0.400. The molecular formula is C25H33N7O4S. The van der Waals surface area contributed by atoms with Gasteiger partial charge in [-0.1, -0.05) is 13.0 Å². The Morgan fingerprint density at radius 1 is 1.19 bits per heavy atom. The molecule has 1 aliphatic rings. The Morgan fingerprint density at radius 3 is 2.49 bits per heavy atom. The van der Waals surface area contributed by atoms with Crippen LogP contribution in [-0.2, 0) is 10.0 Å². The number of hydrogen-bond acceptors (Lipinski definition) is 10. The SMILES string of the molecule is CC1CN(c2nc(-c3cnc(OC(C)C)nc3)ccc2C(=O)NS(=O)(=O)c2cccc(N)n2)C(C)(C)C1.[HH]. The summed E-state index contributed by atoms with van der Waals surface area (Å²) in [4.78, 5) is 32.5. The molecule has 1 amide bonds. The fourth-order valence-electron chi connectivity index (χ4n) is 4.48. The number of hydrogen-bond donors (Lipinski definition) is 2. The lowest BCUT2D eigenvalue weighted by Gasteiger charge is -2.34. The molecule has 37 heavy (non-hydrogen) atoms. The summed E-state index contributed by atoms with van der Waals surface area (Å²) in [6.07, 6.45) is 4.02. The van der Waals surface area contributed by atoms with Crippen LogP contribution in [0.2, 0.25) is 0 Å². The fourth-order valence-corrected chi connectivity index (χ4v) is 5.42. The maximum absolute atomic E-state index is 13.3. The number of pyridine rings is 2. The highest BCUT2D eigenvalue weighted by Gasteiger charge is 2.39. The van der Waals surface area contributed by atoms with Gasteiger partial charge in [-0.25, -0.2) is 24.7 Å². The molecule has 1 atom stereocenters. The Hall–Kier alpha value is -3.80. The van der Waals surface area contributed by atoms with Crippen molar-refractivity contribution in [3.05, 3.63) is 48.3 Å². The topological polar surface area (TPSA) is 153 Å². The van der Waals surface area contributed by atoms with Gasteiger partial charge < -0.3 is 15.4 Å². The molecule has 11 nitrogen and oxygen atoms in total. The zero-order chi connectivity index (χ0) is 27.0. The standard InChI is InChI=1S/C25H31N7O4S.H2/c1-15(2)36-24-27-12-17(13-28-24)19-10-9-18(22(29-19)32-14-16(3)11-25(32,4)5)23(33)31-37(34,35)21-8-6-7-20(26)30-21;/h6-10,12-13,15-16H,11,14H2,1-5H3,(H2,26,30)(H,31,33);1H. The molecule has 3 aromatic heterocycles. The zero-order valence-electron chi connectivity index (χ0n) is 21.5. The summed E-state index contributed by atoms with van der Waals surface area (Å²) in [5.41, 5.74) is 6.62. The van der Waals surface area contributed by atoms with Gasteiger partial charge >= 0.3 is 6.01 Å². The number of nitrogens with zero attached hydrogens (tertiary/aromatic N) is 5. The van der Waals surface area contributed by atoms with Crippen molar-refractivity contribution in [1.82, 2.24) is 24.7 Å². The van der Waals surface area contributed by atoms with E-state index in [1.807, 2.05) is 18.7 Å². The Kier molecular flexibility index (Phi) is 7.05. The van der Waals surface area contributed by atoms with E-state index in [2.05, 4.69) is 40.4 Å². The first-order valence-electron chi connectivity index (χ1n) is 11.9. The first kappa shape index (κ1) is 26.3. The van der Waals surface area contributed by atoms with Gasteiger partial charge in [0.1, 0.15) is 11.6 Å². The minimum Gasteiger partial charge on any atom is -0.461 e. The number of ether oxygens (including phenoxy) is 1. The van der Waals surface area contributed by atoms with Crippen LogP contribution < -0.4 is 20.1 Å². The van der Waals surface area contributed by atoms with Crippen molar-refractivity contribution in [3.8, 4) is 17.3 Å². The number of nitrogen functional groups attached to an aromatic ring is 1. The summed E-state index contributed by atoms with van der Waals surface area (Å²) in [7, 11) is -4.26. The monoisotopic (exact) mass is 527 g/mol. The number of anilines is 2. The zero-order valence-corrected chi connectivity index (χ0v) is 22.3. The molecule has 198 valence electrons. The number of rotatable bonds is 7. The second-order valence-electron chi connectivity index (χ2n) is 10.1. The van der Waals surface area contributed by atoms with Crippen LogP contribution in [0, 0.1) is 5.92 Å². The van der Waals surface area contributed by atoms with Crippen molar-refractivity contribution in [2.24, 2.45) is 5.92 Å². The Balaban J connectivity index is 0.00000400. The molecule has 3 aromatic rings. The molecule has 0 radical (unpaired) electrons. The number of amides is 1. The number of nitrogens with two attached hydrogens (primary N) is 1. The molecule has 1 saturated heterocycles. The predicted octanol–water partition coefficient (Wildman–Crippen LogP) is 3.29. The van der Waals surface area contributed by atoms with E-state index in [1.54, 1.807) is 24.5 Å². The van der Waals surface area contributed by atoms with E-state index in [0.717, 1.165) is 6.42 Å². The quantitative estimate of drug-likeness (QED) is 0.468. The van der Waals surface area contributed by atoms with Gasteiger partial charge in [-0.2, -0.15) is 8.42 Å². The number of carbonyl (C=O) groups is 1. The highest BCUT2D eigenvalue weighted by Crippen LogP contribution is 2.38. The van der Waals surface area contributed by atoms with Crippen LogP contribution in [0.25, 0.3) is 11.3 Å². The number of nitrogens with one attached hydrogen (secondary N) is 1. The molecule has 1 unspecified atom stereocenters. The average molecular weight is 528 g/mol. The summed E-state index contributed by atoms with van der Waals surface area (Å²) in [6.45, 7) is 10.7. The van der Waals surface area contributed by atoms with Crippen molar-refractivity contribution in [3.63, 3.8) is 0 Å². The van der Waals surface area contributed by atoms with Gasteiger partial charge in [0.2, 0.25) is 0 Å². The molecule has 0 bridgehead atoms. The van der Waals surface area contributed by atoms with Crippen LogP contribution in [0.5, 0.6) is 6.01 Å². The van der Waals surface area contributed by atoms with E-state index in [1.165, 1.54) is 18.2 Å². The predicted molar refractivity (Wildman–Crippen MR) is 142 cm³/mol. The van der Waals surface area contributed by atoms with Crippen LogP contribution in [-0.4, -0.2) is 52.4 Å². The molecule has 0 saturated carbocycles. The largest absolute Gasteiger partial charge is 0.461 e. The van der Waals surface area contributed by atoms with Crippen molar-refractivity contribution >= 4 is 27.6 Å². The van der Waals surface area contributed by atoms with E-state index < -0.39 is 15.9 Å². The van der Waals surface area contributed by atoms with Crippen molar-refractivity contribution < 1.29 is 19.4 Å². The molecule has 0 spiro atoms. The summed E-state index contributed by atoms with van der Waals surface area (Å²) in [6, 6.07) is 7.64. The third kappa shape index (κ3) is 5.79. The van der Waals surface area contributed by atoms with Gasteiger partial charge in [-0.05, 0) is 64.3 Å². The van der Waals surface area contributed by atoms with Crippen LogP contribution in [0.1, 0.15) is 52.8 Å². The Labute approximate surface area is 218 Å². The van der Waals surface area contributed by atoms with Gasteiger partial charge in [0.25, 0.3) is 15.9 Å². The third-order valence-corrected chi connectivity index (χ3v) is 7.19. The Morgan fingerprint density at radius 2 is 1.89 bits per heavy atom. The van der Waals surface area contributed by atoms with Crippen molar-refractivity contribution in [1.29, 1.82) is 0 Å². The molecule has 4 heterocycles. The summed E-state index contributed by atoms with van der Waals surface area (Å²) >= 11 is 0. The number of carbonyl (C=O) groups excluding carboxylic acids is 1. The van der Waals surface area contributed by atoms with Gasteiger partial charge in [0.05, 0.1) is 17.4 Å². The third-order valence-electron chi connectivity index (χ3n) is 5.96. The minimum absolute atomic E-state index is 0. The summed E-state index contributed by atoms with van der Waals surface area (Å²) in [5, 5.41) is -0.344. The second kappa shape index (κ2) is 9.92. The minimum atomic E-state index is -4.26. The summed E-state index contributed by atoms with van der Waals surface area (Å²) < 4.78 is 33.4. The molecule has 0 aliphatic carbocycles. The van der Waals surface area contributed by atoms with E-state index in [9.17, 15) is 13.2 Å².